The highest BCUT2D eigenvalue weighted by Gasteiger charge is 2.30. The molecule has 0 aromatic heterocycles. The molecule has 2 aromatic rings. The van der Waals surface area contributed by atoms with Crippen molar-refractivity contribution in [2.24, 2.45) is 5.92 Å². The third-order valence-corrected chi connectivity index (χ3v) is 8.48. The zero-order valence-electron chi connectivity index (χ0n) is 18.2. The molecule has 2 aliphatic rings. The van der Waals surface area contributed by atoms with Crippen LogP contribution in [-0.2, 0) is 21.4 Å². The molecule has 2 fully saturated rings. The maximum absolute atomic E-state index is 12.9. The first-order valence-corrected chi connectivity index (χ1v) is 13.1. The lowest BCUT2D eigenvalue weighted by atomic mass is 10.0. The van der Waals surface area contributed by atoms with Gasteiger partial charge in [-0.05, 0) is 60.7 Å². The van der Waals surface area contributed by atoms with Crippen molar-refractivity contribution in [2.45, 2.75) is 31.2 Å². The summed E-state index contributed by atoms with van der Waals surface area (Å²) in [7, 11) is -3.56. The van der Waals surface area contributed by atoms with Gasteiger partial charge < -0.3 is 5.32 Å². The summed E-state index contributed by atoms with van der Waals surface area (Å²) in [6.45, 7) is 3.21. The molecular weight excluding hydrogens is 462 g/mol. The van der Waals surface area contributed by atoms with E-state index in [1.54, 1.807) is 36.4 Å². The normalized spacial score (nSPS) is 19.7. The minimum Gasteiger partial charge on any atom is -0.322 e. The van der Waals surface area contributed by atoms with Crippen molar-refractivity contribution in [3.63, 3.8) is 0 Å². The van der Waals surface area contributed by atoms with Crippen molar-refractivity contribution in [3.05, 3.63) is 59.7 Å². The Morgan fingerprint density at radius 3 is 2.58 bits per heavy atom. The zero-order valence-corrected chi connectivity index (χ0v) is 19.8. The number of anilines is 1. The fourth-order valence-corrected chi connectivity index (χ4v) is 6.28. The molecule has 33 heavy (non-hydrogen) atoms. The Morgan fingerprint density at radius 2 is 1.91 bits per heavy atom. The molecule has 0 radical (unpaired) electrons. The summed E-state index contributed by atoms with van der Waals surface area (Å²) in [5.41, 5.74) is 1.51. The van der Waals surface area contributed by atoms with Crippen LogP contribution in [0.1, 0.15) is 35.7 Å². The number of rotatable bonds is 6. The second-order valence-corrected chi connectivity index (χ2v) is 11.2. The highest BCUT2D eigenvalue weighted by Crippen LogP contribution is 2.25. The number of sulfonamides is 1. The Bertz CT molecular complexity index is 1160. The van der Waals surface area contributed by atoms with Gasteiger partial charge in [0.2, 0.25) is 15.9 Å². The molecule has 1 unspecified atom stereocenters. The quantitative estimate of drug-likeness (QED) is 0.668. The predicted octanol–water partition coefficient (Wildman–Crippen LogP) is 3.55. The smallest absolute Gasteiger partial charge is 0.289 e. The first-order valence-electron chi connectivity index (χ1n) is 10.7. The second kappa shape index (κ2) is 9.66. The summed E-state index contributed by atoms with van der Waals surface area (Å²) in [5.74, 6) is -0.135. The number of amides is 3. The minimum atomic E-state index is -3.56. The van der Waals surface area contributed by atoms with Gasteiger partial charge in [0.1, 0.15) is 0 Å². The molecule has 2 heterocycles. The summed E-state index contributed by atoms with van der Waals surface area (Å²) in [4.78, 5) is 37.7. The molecule has 2 aromatic carbocycles. The van der Waals surface area contributed by atoms with Crippen molar-refractivity contribution < 1.29 is 22.8 Å². The number of carbonyl (C=O) groups is 3. The van der Waals surface area contributed by atoms with Crippen LogP contribution in [0.15, 0.2) is 53.4 Å². The van der Waals surface area contributed by atoms with Gasteiger partial charge in [-0.15, -0.1) is 0 Å². The van der Waals surface area contributed by atoms with Crippen LogP contribution in [0.2, 0.25) is 0 Å². The SMILES string of the molecule is CC1CCCN(S(=O)(=O)c2ccc(NC(=O)c3cccc(CN4C(=O)CSC4=O)c3)cc2)C1. The Morgan fingerprint density at radius 1 is 1.15 bits per heavy atom. The highest BCUT2D eigenvalue weighted by molar-refractivity contribution is 8.14. The van der Waals surface area contributed by atoms with Gasteiger partial charge in [0.15, 0.2) is 0 Å². The lowest BCUT2D eigenvalue weighted by Gasteiger charge is -2.30. The average Bonchev–Trinajstić information content (AvgIpc) is 3.12. The molecule has 0 aliphatic carbocycles. The Labute approximate surface area is 197 Å². The van der Waals surface area contributed by atoms with Gasteiger partial charge in [-0.1, -0.05) is 30.8 Å². The van der Waals surface area contributed by atoms with Crippen LogP contribution < -0.4 is 5.32 Å². The van der Waals surface area contributed by atoms with Crippen LogP contribution in [0.4, 0.5) is 10.5 Å². The molecule has 2 saturated heterocycles. The minimum absolute atomic E-state index is 0.119. The van der Waals surface area contributed by atoms with Gasteiger partial charge >= 0.3 is 0 Å². The fourth-order valence-electron chi connectivity index (χ4n) is 3.95. The standard InChI is InChI=1S/C23H25N3O5S2/c1-16-4-3-11-25(13-16)33(30,31)20-9-7-19(8-10-20)24-22(28)18-6-2-5-17(12-18)14-26-21(27)15-32-23(26)29/h2,5-10,12,16H,3-4,11,13-15H2,1H3,(H,24,28). The van der Waals surface area contributed by atoms with Crippen molar-refractivity contribution in [1.82, 2.24) is 9.21 Å². The monoisotopic (exact) mass is 487 g/mol. The number of nitrogens with zero attached hydrogens (tertiary/aromatic N) is 2. The van der Waals surface area contributed by atoms with Crippen LogP contribution >= 0.6 is 11.8 Å². The van der Waals surface area contributed by atoms with Crippen molar-refractivity contribution >= 4 is 44.5 Å². The highest BCUT2D eigenvalue weighted by atomic mass is 32.2. The molecule has 0 spiro atoms. The molecule has 3 amide bonds. The van der Waals surface area contributed by atoms with Gasteiger partial charge in [0, 0.05) is 24.3 Å². The number of thioether (sulfide) groups is 1. The fraction of sp³-hybridized carbons (Fsp3) is 0.348. The number of hydrogen-bond acceptors (Lipinski definition) is 6. The molecule has 1 atom stereocenters. The molecule has 4 rings (SSSR count). The van der Waals surface area contributed by atoms with Crippen LogP contribution in [0.25, 0.3) is 0 Å². The maximum atomic E-state index is 12.9. The van der Waals surface area contributed by atoms with Crippen LogP contribution in [0, 0.1) is 5.92 Å². The third kappa shape index (κ3) is 5.29. The van der Waals surface area contributed by atoms with Gasteiger partial charge in [0.05, 0.1) is 17.2 Å². The molecular formula is C23H25N3O5S2. The number of benzene rings is 2. The van der Waals surface area contributed by atoms with E-state index >= 15 is 0 Å². The van der Waals surface area contributed by atoms with Gasteiger partial charge in [-0.25, -0.2) is 8.42 Å². The first kappa shape index (κ1) is 23.5. The van der Waals surface area contributed by atoms with Gasteiger partial charge in [-0.2, -0.15) is 4.31 Å². The number of nitrogens with one attached hydrogen (secondary N) is 1. The van der Waals surface area contributed by atoms with Crippen LogP contribution in [-0.4, -0.2) is 53.5 Å². The van der Waals surface area contributed by atoms with E-state index in [2.05, 4.69) is 12.2 Å². The van der Waals surface area contributed by atoms with E-state index in [-0.39, 0.29) is 34.2 Å². The topological polar surface area (TPSA) is 104 Å². The molecule has 0 saturated carbocycles. The van der Waals surface area contributed by atoms with E-state index in [0.717, 1.165) is 24.6 Å². The maximum Gasteiger partial charge on any atom is 0.289 e. The van der Waals surface area contributed by atoms with E-state index in [1.807, 2.05) is 0 Å². The first-order chi connectivity index (χ1) is 15.7. The summed E-state index contributed by atoms with van der Waals surface area (Å²) in [6.07, 6.45) is 1.88. The lowest BCUT2D eigenvalue weighted by molar-refractivity contribution is -0.125. The summed E-state index contributed by atoms with van der Waals surface area (Å²) >= 11 is 0.969. The number of carbonyl (C=O) groups excluding carboxylic acids is 3. The van der Waals surface area contributed by atoms with E-state index in [1.165, 1.54) is 21.3 Å². The Kier molecular flexibility index (Phi) is 6.87. The number of piperidine rings is 1. The van der Waals surface area contributed by atoms with E-state index < -0.39 is 10.0 Å². The summed E-state index contributed by atoms with van der Waals surface area (Å²) in [5, 5.41) is 2.47. The van der Waals surface area contributed by atoms with E-state index in [0.29, 0.717) is 35.8 Å². The van der Waals surface area contributed by atoms with Crippen molar-refractivity contribution in [3.8, 4) is 0 Å². The zero-order chi connectivity index (χ0) is 23.6. The largest absolute Gasteiger partial charge is 0.322 e. The molecule has 1 N–H and O–H groups in total. The second-order valence-electron chi connectivity index (χ2n) is 8.32. The van der Waals surface area contributed by atoms with Crippen molar-refractivity contribution in [2.75, 3.05) is 24.2 Å². The van der Waals surface area contributed by atoms with E-state index in [9.17, 15) is 22.8 Å². The van der Waals surface area contributed by atoms with E-state index in [4.69, 9.17) is 0 Å². The number of hydrogen-bond donors (Lipinski definition) is 1. The summed E-state index contributed by atoms with van der Waals surface area (Å²) in [6, 6.07) is 12.9. The Balaban J connectivity index is 1.43. The van der Waals surface area contributed by atoms with Gasteiger partial charge in [0.25, 0.3) is 11.1 Å². The lowest BCUT2D eigenvalue weighted by Crippen LogP contribution is -2.39. The molecule has 0 bridgehead atoms. The molecule has 2 aliphatic heterocycles. The average molecular weight is 488 g/mol. The molecule has 8 nitrogen and oxygen atoms in total. The van der Waals surface area contributed by atoms with Crippen molar-refractivity contribution in [1.29, 1.82) is 0 Å². The van der Waals surface area contributed by atoms with Crippen LogP contribution in [0.5, 0.6) is 0 Å². The Hall–Kier alpha value is -2.69. The predicted molar refractivity (Wildman–Crippen MR) is 126 cm³/mol. The third-order valence-electron chi connectivity index (χ3n) is 5.74. The number of imide groups is 1. The summed E-state index contributed by atoms with van der Waals surface area (Å²) < 4.78 is 27.3. The van der Waals surface area contributed by atoms with Crippen LogP contribution in [0.3, 0.4) is 0 Å². The van der Waals surface area contributed by atoms with Gasteiger partial charge in [-0.3, -0.25) is 19.3 Å². The molecule has 174 valence electrons. The molecule has 10 heteroatoms.